The van der Waals surface area contributed by atoms with Crippen LogP contribution in [-0.2, 0) is 0 Å². The van der Waals surface area contributed by atoms with E-state index in [4.69, 9.17) is 4.42 Å². The van der Waals surface area contributed by atoms with Gasteiger partial charge in [-0.1, -0.05) is 6.92 Å². The second-order valence-corrected chi connectivity index (χ2v) is 3.88. The highest BCUT2D eigenvalue weighted by Crippen LogP contribution is 2.16. The Balaban J connectivity index is 3.24. The summed E-state index contributed by atoms with van der Waals surface area (Å²) in [5.74, 6) is 0.320. The summed E-state index contributed by atoms with van der Waals surface area (Å²) in [4.78, 5) is 15.9. The molecule has 1 rings (SSSR count). The zero-order valence-corrected chi connectivity index (χ0v) is 10.1. The van der Waals surface area contributed by atoms with Crippen LogP contribution in [0.2, 0.25) is 0 Å². The van der Waals surface area contributed by atoms with Gasteiger partial charge in [0, 0.05) is 12.1 Å². The number of hydrogen-bond donors (Lipinski definition) is 1. The maximum absolute atomic E-state index is 11.6. The van der Waals surface area contributed by atoms with Crippen molar-refractivity contribution in [2.24, 2.45) is 4.99 Å². The van der Waals surface area contributed by atoms with Crippen molar-refractivity contribution < 1.29 is 9.52 Å². The summed E-state index contributed by atoms with van der Waals surface area (Å²) in [5, 5.41) is 9.69. The van der Waals surface area contributed by atoms with Gasteiger partial charge in [-0.2, -0.15) is 0 Å². The van der Waals surface area contributed by atoms with Gasteiger partial charge in [-0.3, -0.25) is 4.99 Å². The van der Waals surface area contributed by atoms with Crippen molar-refractivity contribution in [3.8, 4) is 5.75 Å². The number of aliphatic imine (C=N–C) groups is 1. The van der Waals surface area contributed by atoms with Gasteiger partial charge in [0.15, 0.2) is 0 Å². The van der Waals surface area contributed by atoms with E-state index in [1.807, 2.05) is 13.8 Å². The van der Waals surface area contributed by atoms with E-state index in [1.165, 1.54) is 6.07 Å². The average Bonchev–Trinajstić information content (AvgIpc) is 2.15. The highest BCUT2D eigenvalue weighted by atomic mass is 16.4. The Morgan fingerprint density at radius 1 is 1.62 bits per heavy atom. The average molecular weight is 223 g/mol. The maximum Gasteiger partial charge on any atom is 0.348 e. The van der Waals surface area contributed by atoms with Gasteiger partial charge in [0.2, 0.25) is 0 Å². The number of hydrogen-bond acceptors (Lipinski definition) is 4. The summed E-state index contributed by atoms with van der Waals surface area (Å²) in [7, 11) is 0. The van der Waals surface area contributed by atoms with Crippen LogP contribution in [0.15, 0.2) is 20.3 Å². The Morgan fingerprint density at radius 2 is 2.25 bits per heavy atom. The molecule has 0 aliphatic heterocycles. The van der Waals surface area contributed by atoms with Gasteiger partial charge in [0.25, 0.3) is 0 Å². The van der Waals surface area contributed by atoms with Crippen molar-refractivity contribution in [3.63, 3.8) is 0 Å². The molecule has 0 fully saturated rings. The fraction of sp³-hybridized carbons (Fsp3) is 0.500. The topological polar surface area (TPSA) is 62.8 Å². The first kappa shape index (κ1) is 12.5. The molecule has 88 valence electrons. The van der Waals surface area contributed by atoms with Crippen LogP contribution in [0.25, 0.3) is 0 Å². The smallest absolute Gasteiger partial charge is 0.348 e. The van der Waals surface area contributed by atoms with E-state index in [1.54, 1.807) is 13.8 Å². The fourth-order valence-electron chi connectivity index (χ4n) is 1.42. The first-order valence-electron chi connectivity index (χ1n) is 5.34. The number of aromatic hydroxyl groups is 1. The molecule has 1 aromatic rings. The SMILES string of the molecule is CC[C@H](C)N=C(C)c1c(O)cc(C)oc1=O. The van der Waals surface area contributed by atoms with Gasteiger partial charge >= 0.3 is 5.63 Å². The van der Waals surface area contributed by atoms with Crippen LogP contribution in [0.3, 0.4) is 0 Å². The van der Waals surface area contributed by atoms with Crippen molar-refractivity contribution in [1.29, 1.82) is 0 Å². The highest BCUT2D eigenvalue weighted by Gasteiger charge is 2.13. The van der Waals surface area contributed by atoms with E-state index in [0.29, 0.717) is 11.5 Å². The molecule has 1 atom stereocenters. The predicted octanol–water partition coefficient (Wildman–Crippen LogP) is 2.26. The van der Waals surface area contributed by atoms with Crippen LogP contribution in [0, 0.1) is 6.92 Å². The third kappa shape index (κ3) is 2.72. The molecule has 0 saturated carbocycles. The molecule has 0 aromatic carbocycles. The van der Waals surface area contributed by atoms with E-state index in [0.717, 1.165) is 6.42 Å². The molecular weight excluding hydrogens is 206 g/mol. The number of nitrogens with zero attached hydrogens (tertiary/aromatic N) is 1. The highest BCUT2D eigenvalue weighted by molar-refractivity contribution is 6.00. The normalized spacial score (nSPS) is 13.9. The quantitative estimate of drug-likeness (QED) is 0.799. The molecule has 4 nitrogen and oxygen atoms in total. The van der Waals surface area contributed by atoms with Crippen LogP contribution in [-0.4, -0.2) is 16.9 Å². The van der Waals surface area contributed by atoms with E-state index in [9.17, 15) is 9.90 Å². The minimum Gasteiger partial charge on any atom is -0.507 e. The van der Waals surface area contributed by atoms with Crippen molar-refractivity contribution in [2.45, 2.75) is 40.2 Å². The molecule has 0 unspecified atom stereocenters. The molecule has 4 heteroatoms. The van der Waals surface area contributed by atoms with Gasteiger partial charge in [0.1, 0.15) is 17.1 Å². The number of aryl methyl sites for hydroxylation is 1. The van der Waals surface area contributed by atoms with Crippen LogP contribution in [0.1, 0.15) is 38.5 Å². The molecule has 1 heterocycles. The molecule has 0 saturated heterocycles. The summed E-state index contributed by atoms with van der Waals surface area (Å²) < 4.78 is 4.93. The van der Waals surface area contributed by atoms with Crippen molar-refractivity contribution >= 4 is 5.71 Å². The summed E-state index contributed by atoms with van der Waals surface area (Å²) in [6.45, 7) is 7.29. The molecule has 0 amide bonds. The van der Waals surface area contributed by atoms with E-state index in [-0.39, 0.29) is 17.4 Å². The van der Waals surface area contributed by atoms with Gasteiger partial charge < -0.3 is 9.52 Å². The molecule has 16 heavy (non-hydrogen) atoms. The second kappa shape index (κ2) is 4.96. The van der Waals surface area contributed by atoms with Crippen LogP contribution < -0.4 is 5.63 Å². The Bertz CT molecular complexity index is 460. The third-order valence-corrected chi connectivity index (χ3v) is 2.42. The molecule has 0 spiro atoms. The molecule has 0 aliphatic rings. The fourth-order valence-corrected chi connectivity index (χ4v) is 1.42. The van der Waals surface area contributed by atoms with Crippen molar-refractivity contribution in [2.75, 3.05) is 0 Å². The zero-order chi connectivity index (χ0) is 12.3. The minimum atomic E-state index is -0.540. The largest absolute Gasteiger partial charge is 0.507 e. The third-order valence-electron chi connectivity index (χ3n) is 2.42. The summed E-state index contributed by atoms with van der Waals surface area (Å²) in [6, 6.07) is 1.55. The van der Waals surface area contributed by atoms with Crippen LogP contribution in [0.4, 0.5) is 0 Å². The lowest BCUT2D eigenvalue weighted by Gasteiger charge is -2.06. The summed E-state index contributed by atoms with van der Waals surface area (Å²) in [5.41, 5.74) is 0.133. The molecule has 0 radical (unpaired) electrons. The Kier molecular flexibility index (Phi) is 3.88. The van der Waals surface area contributed by atoms with Crippen molar-refractivity contribution in [1.82, 2.24) is 0 Å². The van der Waals surface area contributed by atoms with Gasteiger partial charge in [0.05, 0.1) is 5.71 Å². The van der Waals surface area contributed by atoms with Crippen LogP contribution in [0.5, 0.6) is 5.75 Å². The second-order valence-electron chi connectivity index (χ2n) is 3.88. The molecule has 1 N–H and O–H groups in total. The van der Waals surface area contributed by atoms with Gasteiger partial charge in [-0.05, 0) is 27.2 Å². The summed E-state index contributed by atoms with van der Waals surface area (Å²) >= 11 is 0. The summed E-state index contributed by atoms with van der Waals surface area (Å²) in [6.07, 6.45) is 0.884. The molecular formula is C12H17NO3. The predicted molar refractivity (Wildman–Crippen MR) is 63.3 cm³/mol. The Morgan fingerprint density at radius 3 is 2.75 bits per heavy atom. The minimum absolute atomic E-state index is 0.0710. The zero-order valence-electron chi connectivity index (χ0n) is 10.1. The first-order chi connectivity index (χ1) is 7.45. The maximum atomic E-state index is 11.6. The van der Waals surface area contributed by atoms with Crippen LogP contribution >= 0.6 is 0 Å². The van der Waals surface area contributed by atoms with E-state index >= 15 is 0 Å². The molecule has 0 bridgehead atoms. The molecule has 0 aliphatic carbocycles. The lowest BCUT2D eigenvalue weighted by molar-refractivity contribution is 0.432. The lowest BCUT2D eigenvalue weighted by atomic mass is 10.1. The Labute approximate surface area is 94.6 Å². The standard InChI is InChI=1S/C12H17NO3/c1-5-7(2)13-9(4)11-10(14)6-8(3)16-12(11)15/h6-7,14H,5H2,1-4H3/t7-/m0/s1. The lowest BCUT2D eigenvalue weighted by Crippen LogP contribution is -2.14. The first-order valence-corrected chi connectivity index (χ1v) is 5.34. The van der Waals surface area contributed by atoms with E-state index < -0.39 is 5.63 Å². The van der Waals surface area contributed by atoms with Gasteiger partial charge in [-0.25, -0.2) is 4.79 Å². The Hall–Kier alpha value is -1.58. The van der Waals surface area contributed by atoms with Gasteiger partial charge in [-0.15, -0.1) is 0 Å². The van der Waals surface area contributed by atoms with E-state index in [2.05, 4.69) is 4.99 Å². The molecule has 1 aromatic heterocycles. The monoisotopic (exact) mass is 223 g/mol. The number of rotatable bonds is 3. The van der Waals surface area contributed by atoms with Crippen molar-refractivity contribution in [3.05, 3.63) is 27.8 Å².